The van der Waals surface area contributed by atoms with E-state index in [1.54, 1.807) is 19.4 Å². The Kier molecular flexibility index (Phi) is 3.49. The standard InChI is InChI=1S/C15H19NO5/c1-19-11-5-6-16-10(13(11)20-2)8-15(14(17)18)7-9-3-4-12(15)21-9/h5-6,9,12H,3-4,7-8H2,1-2H3,(H,17,18). The summed E-state index contributed by atoms with van der Waals surface area (Å²) in [5.41, 5.74) is -0.300. The van der Waals surface area contributed by atoms with Gasteiger partial charge < -0.3 is 19.3 Å². The molecule has 21 heavy (non-hydrogen) atoms. The van der Waals surface area contributed by atoms with Gasteiger partial charge in [0.2, 0.25) is 0 Å². The first-order valence-corrected chi connectivity index (χ1v) is 7.05. The van der Waals surface area contributed by atoms with Crippen LogP contribution in [0.5, 0.6) is 11.5 Å². The molecule has 1 aromatic rings. The Morgan fingerprint density at radius 2 is 2.29 bits per heavy atom. The number of fused-ring (bicyclic) bond motifs is 2. The average Bonchev–Trinajstić information content (AvgIpc) is 3.08. The fraction of sp³-hybridized carbons (Fsp3) is 0.600. The molecule has 0 aliphatic carbocycles. The minimum absolute atomic E-state index is 0.0581. The number of methoxy groups -OCH3 is 2. The van der Waals surface area contributed by atoms with Crippen molar-refractivity contribution in [1.29, 1.82) is 0 Å². The zero-order valence-electron chi connectivity index (χ0n) is 12.2. The second kappa shape index (κ2) is 5.18. The number of ether oxygens (including phenoxy) is 3. The van der Waals surface area contributed by atoms with Crippen molar-refractivity contribution in [3.05, 3.63) is 18.0 Å². The first-order valence-electron chi connectivity index (χ1n) is 7.05. The number of hydrogen-bond donors (Lipinski definition) is 1. The summed E-state index contributed by atoms with van der Waals surface area (Å²) in [5.74, 6) is 0.247. The van der Waals surface area contributed by atoms with Gasteiger partial charge in [-0.25, -0.2) is 0 Å². The molecule has 3 unspecified atom stereocenters. The molecule has 0 saturated carbocycles. The second-order valence-electron chi connectivity index (χ2n) is 5.66. The van der Waals surface area contributed by atoms with Gasteiger partial charge in [-0.05, 0) is 19.3 Å². The van der Waals surface area contributed by atoms with Gasteiger partial charge in [0.1, 0.15) is 5.41 Å². The first-order chi connectivity index (χ1) is 10.1. The number of aromatic nitrogens is 1. The summed E-state index contributed by atoms with van der Waals surface area (Å²) in [7, 11) is 3.09. The summed E-state index contributed by atoms with van der Waals surface area (Å²) in [6, 6.07) is 1.70. The molecule has 2 saturated heterocycles. The minimum Gasteiger partial charge on any atom is -0.493 e. The Bertz CT molecular complexity index is 561. The summed E-state index contributed by atoms with van der Waals surface area (Å²) in [6.45, 7) is 0. The molecule has 3 atom stereocenters. The maximum absolute atomic E-state index is 11.9. The molecule has 0 radical (unpaired) electrons. The van der Waals surface area contributed by atoms with Gasteiger partial charge in [0.15, 0.2) is 11.5 Å². The molecule has 1 N–H and O–H groups in total. The number of nitrogens with zero attached hydrogens (tertiary/aromatic N) is 1. The highest BCUT2D eigenvalue weighted by Crippen LogP contribution is 2.50. The van der Waals surface area contributed by atoms with E-state index in [2.05, 4.69) is 4.98 Å². The lowest BCUT2D eigenvalue weighted by Gasteiger charge is -2.31. The van der Waals surface area contributed by atoms with Crippen LogP contribution in [0.4, 0.5) is 0 Å². The van der Waals surface area contributed by atoms with Gasteiger partial charge >= 0.3 is 5.97 Å². The maximum Gasteiger partial charge on any atom is 0.312 e. The third kappa shape index (κ3) is 2.14. The summed E-state index contributed by atoms with van der Waals surface area (Å²) in [6.07, 6.45) is 4.01. The SMILES string of the molecule is COc1ccnc(CC2(C(=O)O)CC3CCC2O3)c1OC. The summed E-state index contributed by atoms with van der Waals surface area (Å²) >= 11 is 0. The number of carboxylic acids is 1. The molecule has 2 aliphatic rings. The highest BCUT2D eigenvalue weighted by molar-refractivity contribution is 5.77. The Hall–Kier alpha value is -1.82. The van der Waals surface area contributed by atoms with E-state index in [9.17, 15) is 9.90 Å². The fourth-order valence-electron chi connectivity index (χ4n) is 3.56. The van der Waals surface area contributed by atoms with E-state index in [4.69, 9.17) is 14.2 Å². The van der Waals surface area contributed by atoms with E-state index in [1.165, 1.54) is 7.11 Å². The molecule has 3 rings (SSSR count). The topological polar surface area (TPSA) is 77.9 Å². The molecule has 1 aromatic heterocycles. The first kappa shape index (κ1) is 14.1. The van der Waals surface area contributed by atoms with E-state index in [-0.39, 0.29) is 12.2 Å². The largest absolute Gasteiger partial charge is 0.493 e. The second-order valence-corrected chi connectivity index (χ2v) is 5.66. The monoisotopic (exact) mass is 293 g/mol. The molecule has 6 nitrogen and oxygen atoms in total. The van der Waals surface area contributed by atoms with E-state index >= 15 is 0 Å². The highest BCUT2D eigenvalue weighted by atomic mass is 16.5. The molecule has 2 bridgehead atoms. The summed E-state index contributed by atoms with van der Waals surface area (Å²) < 4.78 is 16.4. The van der Waals surface area contributed by atoms with Crippen LogP contribution in [0.25, 0.3) is 0 Å². The third-order valence-corrected chi connectivity index (χ3v) is 4.59. The van der Waals surface area contributed by atoms with E-state index in [0.717, 1.165) is 12.8 Å². The molecule has 6 heteroatoms. The van der Waals surface area contributed by atoms with Gasteiger partial charge in [-0.3, -0.25) is 9.78 Å². The molecular weight excluding hydrogens is 274 g/mol. The zero-order valence-corrected chi connectivity index (χ0v) is 12.2. The Balaban J connectivity index is 1.96. The van der Waals surface area contributed by atoms with Crippen molar-refractivity contribution in [3.8, 4) is 11.5 Å². The van der Waals surface area contributed by atoms with Crippen LogP contribution in [-0.4, -0.2) is 42.5 Å². The van der Waals surface area contributed by atoms with Crippen LogP contribution < -0.4 is 9.47 Å². The molecule has 0 amide bonds. The fourth-order valence-corrected chi connectivity index (χ4v) is 3.56. The number of pyridine rings is 1. The van der Waals surface area contributed by atoms with Gasteiger partial charge in [-0.15, -0.1) is 0 Å². The average molecular weight is 293 g/mol. The predicted molar refractivity (Wildman–Crippen MR) is 73.6 cm³/mol. The maximum atomic E-state index is 11.9. The van der Waals surface area contributed by atoms with Gasteiger partial charge in [-0.1, -0.05) is 0 Å². The van der Waals surface area contributed by atoms with Crippen molar-refractivity contribution in [2.45, 2.75) is 37.9 Å². The lowest BCUT2D eigenvalue weighted by molar-refractivity contribution is -0.152. The number of carbonyl (C=O) groups is 1. The van der Waals surface area contributed by atoms with Crippen LogP contribution in [0.1, 0.15) is 25.0 Å². The van der Waals surface area contributed by atoms with Crippen LogP contribution in [0.15, 0.2) is 12.3 Å². The van der Waals surface area contributed by atoms with E-state index in [1.807, 2.05) is 0 Å². The molecular formula is C15H19NO5. The van der Waals surface area contributed by atoms with Crippen LogP contribution in [0.2, 0.25) is 0 Å². The lowest BCUT2D eigenvalue weighted by Crippen LogP contribution is -2.42. The molecule has 2 aliphatic heterocycles. The van der Waals surface area contributed by atoms with Crippen molar-refractivity contribution in [1.82, 2.24) is 4.98 Å². The Morgan fingerprint density at radius 3 is 2.81 bits per heavy atom. The molecule has 2 fully saturated rings. The zero-order chi connectivity index (χ0) is 15.0. The third-order valence-electron chi connectivity index (χ3n) is 4.59. The summed E-state index contributed by atoms with van der Waals surface area (Å²) in [5, 5.41) is 9.76. The van der Waals surface area contributed by atoms with Gasteiger partial charge in [0.05, 0.1) is 32.1 Å². The van der Waals surface area contributed by atoms with Crippen molar-refractivity contribution >= 4 is 5.97 Å². The molecule has 0 aromatic carbocycles. The number of carboxylic acid groups (broad SMARTS) is 1. The van der Waals surface area contributed by atoms with E-state index < -0.39 is 11.4 Å². The molecule has 114 valence electrons. The number of aliphatic carboxylic acids is 1. The van der Waals surface area contributed by atoms with E-state index in [0.29, 0.717) is 30.0 Å². The Labute approximate surface area is 123 Å². The lowest BCUT2D eigenvalue weighted by atomic mass is 9.71. The van der Waals surface area contributed by atoms with Crippen LogP contribution in [0.3, 0.4) is 0 Å². The van der Waals surface area contributed by atoms with Crippen LogP contribution in [0, 0.1) is 5.41 Å². The van der Waals surface area contributed by atoms with Crippen molar-refractivity contribution < 1.29 is 24.1 Å². The van der Waals surface area contributed by atoms with Crippen molar-refractivity contribution in [2.75, 3.05) is 14.2 Å². The molecule has 3 heterocycles. The molecule has 0 spiro atoms. The van der Waals surface area contributed by atoms with Crippen molar-refractivity contribution in [2.24, 2.45) is 5.41 Å². The number of hydrogen-bond acceptors (Lipinski definition) is 5. The van der Waals surface area contributed by atoms with Gasteiger partial charge in [0.25, 0.3) is 0 Å². The van der Waals surface area contributed by atoms with Crippen LogP contribution >= 0.6 is 0 Å². The van der Waals surface area contributed by atoms with Gasteiger partial charge in [-0.2, -0.15) is 0 Å². The minimum atomic E-state index is -0.907. The Morgan fingerprint density at radius 1 is 1.48 bits per heavy atom. The van der Waals surface area contributed by atoms with Crippen molar-refractivity contribution in [3.63, 3.8) is 0 Å². The van der Waals surface area contributed by atoms with Gasteiger partial charge in [0, 0.05) is 18.7 Å². The quantitative estimate of drug-likeness (QED) is 0.889. The number of rotatable bonds is 5. The van der Waals surface area contributed by atoms with Crippen LogP contribution in [-0.2, 0) is 16.0 Å². The summed E-state index contributed by atoms with van der Waals surface area (Å²) in [4.78, 5) is 16.2. The predicted octanol–water partition coefficient (Wildman–Crippen LogP) is 1.66. The normalized spacial score (nSPS) is 30.4. The highest BCUT2D eigenvalue weighted by Gasteiger charge is 2.57. The smallest absolute Gasteiger partial charge is 0.312 e.